The normalized spacial score (nSPS) is 16.6. The zero-order valence-electron chi connectivity index (χ0n) is 19.2. The highest BCUT2D eigenvalue weighted by atomic mass is 127. The first-order valence-corrected chi connectivity index (χ1v) is 10.5. The third kappa shape index (κ3) is 7.45. The summed E-state index contributed by atoms with van der Waals surface area (Å²) in [4.78, 5) is 21.1. The Hall–Kier alpha value is -2.18. The van der Waals surface area contributed by atoms with Crippen LogP contribution < -0.4 is 10.6 Å². The van der Waals surface area contributed by atoms with Crippen molar-refractivity contribution in [3.63, 3.8) is 0 Å². The molecular formula is C22H34IN7O2. The molecule has 1 aliphatic heterocycles. The van der Waals surface area contributed by atoms with Crippen LogP contribution in [0.15, 0.2) is 41.7 Å². The molecule has 1 aliphatic rings. The third-order valence-electron chi connectivity index (χ3n) is 5.16. The quantitative estimate of drug-likeness (QED) is 0.306. The summed E-state index contributed by atoms with van der Waals surface area (Å²) in [5.41, 5.74) is 2.75. The van der Waals surface area contributed by atoms with E-state index in [4.69, 9.17) is 4.74 Å². The number of likely N-dealkylation sites (N-methyl/N-ethyl adjacent to an activating group) is 1. The van der Waals surface area contributed by atoms with Crippen molar-refractivity contribution in [2.75, 3.05) is 53.9 Å². The zero-order chi connectivity index (χ0) is 22.2. The topological polar surface area (TPSA) is 87.0 Å². The second kappa shape index (κ2) is 12.8. The van der Waals surface area contributed by atoms with Crippen molar-refractivity contribution < 1.29 is 9.53 Å². The first-order chi connectivity index (χ1) is 15.0. The second-order valence-electron chi connectivity index (χ2n) is 7.91. The Morgan fingerprint density at radius 1 is 1.34 bits per heavy atom. The molecule has 0 radical (unpaired) electrons. The van der Waals surface area contributed by atoms with Gasteiger partial charge in [0.1, 0.15) is 6.10 Å². The van der Waals surface area contributed by atoms with Gasteiger partial charge in [-0.15, -0.1) is 24.0 Å². The Labute approximate surface area is 207 Å². The SMILES string of the molecule is CN=C(NCc1cccc(C(=O)NCCN(C)C)c1)N1CCOC(c2cnn(C)c2)C1.I. The number of ether oxygens (including phenoxy) is 1. The molecule has 0 saturated carbocycles. The van der Waals surface area contributed by atoms with Gasteiger partial charge in [0.25, 0.3) is 5.91 Å². The van der Waals surface area contributed by atoms with E-state index in [0.29, 0.717) is 31.8 Å². The van der Waals surface area contributed by atoms with E-state index in [1.54, 1.807) is 11.7 Å². The van der Waals surface area contributed by atoms with Crippen LogP contribution in [0.4, 0.5) is 0 Å². The molecule has 1 aromatic heterocycles. The number of carbonyl (C=O) groups is 1. The molecule has 1 aromatic carbocycles. The summed E-state index contributed by atoms with van der Waals surface area (Å²) in [7, 11) is 7.66. The van der Waals surface area contributed by atoms with Crippen molar-refractivity contribution in [3.05, 3.63) is 53.3 Å². The largest absolute Gasteiger partial charge is 0.370 e. The Morgan fingerprint density at radius 2 is 2.16 bits per heavy atom. The molecule has 10 heteroatoms. The van der Waals surface area contributed by atoms with E-state index in [1.807, 2.05) is 62.7 Å². The number of benzene rings is 1. The highest BCUT2D eigenvalue weighted by molar-refractivity contribution is 14.0. The number of hydrogen-bond donors (Lipinski definition) is 2. The standard InChI is InChI=1S/C22H33N7O2.HI/c1-23-22(29-10-11-31-20(16-29)19-14-26-28(4)15-19)25-13-17-6-5-7-18(12-17)21(30)24-8-9-27(2)3;/h5-7,12,14-15,20H,8-11,13,16H2,1-4H3,(H,23,25)(H,24,30);1H. The lowest BCUT2D eigenvalue weighted by Crippen LogP contribution is -2.47. The molecule has 2 N–H and O–H groups in total. The van der Waals surface area contributed by atoms with Crippen LogP contribution in [0.3, 0.4) is 0 Å². The van der Waals surface area contributed by atoms with Crippen LogP contribution in [0.1, 0.15) is 27.6 Å². The molecule has 0 spiro atoms. The van der Waals surface area contributed by atoms with Crippen molar-refractivity contribution >= 4 is 35.8 Å². The summed E-state index contributed by atoms with van der Waals surface area (Å²) in [5.74, 6) is 0.763. The van der Waals surface area contributed by atoms with Crippen molar-refractivity contribution in [3.8, 4) is 0 Å². The monoisotopic (exact) mass is 555 g/mol. The van der Waals surface area contributed by atoms with E-state index in [2.05, 4.69) is 25.6 Å². The zero-order valence-corrected chi connectivity index (χ0v) is 21.6. The third-order valence-corrected chi connectivity index (χ3v) is 5.16. The van der Waals surface area contributed by atoms with Crippen LogP contribution in [0.25, 0.3) is 0 Å². The van der Waals surface area contributed by atoms with Gasteiger partial charge in [0, 0.05) is 57.6 Å². The van der Waals surface area contributed by atoms with Crippen LogP contribution in [0.2, 0.25) is 0 Å². The Bertz CT molecular complexity index is 900. The van der Waals surface area contributed by atoms with Crippen molar-refractivity contribution in [2.45, 2.75) is 12.6 Å². The number of hydrogen-bond acceptors (Lipinski definition) is 5. The predicted molar refractivity (Wildman–Crippen MR) is 136 cm³/mol. The number of aliphatic imine (C=N–C) groups is 1. The van der Waals surface area contributed by atoms with Crippen molar-refractivity contribution in [1.29, 1.82) is 0 Å². The lowest BCUT2D eigenvalue weighted by molar-refractivity contribution is -0.00805. The molecule has 0 bridgehead atoms. The number of guanidine groups is 1. The van der Waals surface area contributed by atoms with Gasteiger partial charge in [0.05, 0.1) is 19.3 Å². The predicted octanol–water partition coefficient (Wildman–Crippen LogP) is 1.48. The summed E-state index contributed by atoms with van der Waals surface area (Å²) in [6, 6.07) is 7.68. The molecular weight excluding hydrogens is 521 g/mol. The molecule has 0 aliphatic carbocycles. The highest BCUT2D eigenvalue weighted by Gasteiger charge is 2.25. The lowest BCUT2D eigenvalue weighted by Gasteiger charge is -2.34. The maximum absolute atomic E-state index is 12.4. The second-order valence-corrected chi connectivity index (χ2v) is 7.91. The first kappa shape index (κ1) is 26.1. The molecule has 1 fully saturated rings. The van der Waals surface area contributed by atoms with Gasteiger partial charge < -0.3 is 25.2 Å². The van der Waals surface area contributed by atoms with Crippen LogP contribution >= 0.6 is 24.0 Å². The van der Waals surface area contributed by atoms with E-state index in [1.165, 1.54) is 0 Å². The summed E-state index contributed by atoms with van der Waals surface area (Å²) < 4.78 is 7.71. The molecule has 1 unspecified atom stereocenters. The van der Waals surface area contributed by atoms with E-state index in [-0.39, 0.29) is 36.0 Å². The molecule has 32 heavy (non-hydrogen) atoms. The summed E-state index contributed by atoms with van der Waals surface area (Å²) in [6.07, 6.45) is 3.80. The van der Waals surface area contributed by atoms with Crippen molar-refractivity contribution in [2.24, 2.45) is 12.0 Å². The molecule has 3 rings (SSSR count). The minimum atomic E-state index is -0.0550. The maximum atomic E-state index is 12.4. The van der Waals surface area contributed by atoms with Gasteiger partial charge in [-0.05, 0) is 31.8 Å². The Balaban J connectivity index is 0.00000363. The van der Waals surface area contributed by atoms with Gasteiger partial charge >= 0.3 is 0 Å². The number of amides is 1. The minimum absolute atomic E-state index is 0. The van der Waals surface area contributed by atoms with Gasteiger partial charge in [-0.1, -0.05) is 12.1 Å². The summed E-state index contributed by atoms with van der Waals surface area (Å²) in [5, 5.41) is 10.6. The molecule has 1 saturated heterocycles. The fourth-order valence-corrected chi connectivity index (χ4v) is 3.48. The van der Waals surface area contributed by atoms with Crippen LogP contribution in [-0.2, 0) is 18.3 Å². The number of nitrogens with one attached hydrogen (secondary N) is 2. The fourth-order valence-electron chi connectivity index (χ4n) is 3.48. The minimum Gasteiger partial charge on any atom is -0.370 e. The Morgan fingerprint density at radius 3 is 2.84 bits per heavy atom. The van der Waals surface area contributed by atoms with Gasteiger partial charge in [-0.25, -0.2) is 0 Å². The van der Waals surface area contributed by atoms with Crippen LogP contribution in [0, 0.1) is 0 Å². The smallest absolute Gasteiger partial charge is 0.251 e. The molecule has 1 amide bonds. The fraction of sp³-hybridized carbons (Fsp3) is 0.500. The lowest BCUT2D eigenvalue weighted by atomic mass is 10.1. The average molecular weight is 555 g/mol. The number of nitrogens with zero attached hydrogens (tertiary/aromatic N) is 5. The molecule has 1 atom stereocenters. The number of aromatic nitrogens is 2. The van der Waals surface area contributed by atoms with Gasteiger partial charge in [-0.2, -0.15) is 5.10 Å². The van der Waals surface area contributed by atoms with E-state index in [0.717, 1.165) is 30.2 Å². The van der Waals surface area contributed by atoms with E-state index < -0.39 is 0 Å². The number of aryl methyl sites for hydroxylation is 1. The number of carbonyl (C=O) groups excluding carboxylic acids is 1. The molecule has 2 aromatic rings. The molecule has 176 valence electrons. The number of halogens is 1. The highest BCUT2D eigenvalue weighted by Crippen LogP contribution is 2.21. The summed E-state index contributed by atoms with van der Waals surface area (Å²) in [6.45, 7) is 4.12. The molecule has 9 nitrogen and oxygen atoms in total. The maximum Gasteiger partial charge on any atom is 0.251 e. The van der Waals surface area contributed by atoms with Gasteiger partial charge in [-0.3, -0.25) is 14.5 Å². The van der Waals surface area contributed by atoms with Crippen LogP contribution in [-0.4, -0.2) is 85.4 Å². The average Bonchev–Trinajstić information content (AvgIpc) is 3.21. The Kier molecular flexibility index (Phi) is 10.4. The van der Waals surface area contributed by atoms with Gasteiger partial charge in [0.15, 0.2) is 5.96 Å². The number of rotatable bonds is 7. The van der Waals surface area contributed by atoms with Gasteiger partial charge in [0.2, 0.25) is 0 Å². The van der Waals surface area contributed by atoms with Crippen LogP contribution in [0.5, 0.6) is 0 Å². The first-order valence-electron chi connectivity index (χ1n) is 10.5. The number of morpholine rings is 1. The molecule has 2 heterocycles. The van der Waals surface area contributed by atoms with E-state index >= 15 is 0 Å². The summed E-state index contributed by atoms with van der Waals surface area (Å²) >= 11 is 0. The van der Waals surface area contributed by atoms with Crippen molar-refractivity contribution in [1.82, 2.24) is 30.2 Å². The van der Waals surface area contributed by atoms with E-state index in [9.17, 15) is 4.79 Å².